The molecule has 2 nitrogen and oxygen atoms in total. The number of benzene rings is 1. The second-order valence-electron chi connectivity index (χ2n) is 4.18. The van der Waals surface area contributed by atoms with E-state index < -0.39 is 5.41 Å². The van der Waals surface area contributed by atoms with E-state index in [0.29, 0.717) is 10.8 Å². The van der Waals surface area contributed by atoms with E-state index in [1.807, 2.05) is 32.1 Å². The van der Waals surface area contributed by atoms with Crippen LogP contribution in [-0.4, -0.2) is 5.97 Å². The van der Waals surface area contributed by atoms with E-state index >= 15 is 0 Å². The van der Waals surface area contributed by atoms with Crippen molar-refractivity contribution in [1.29, 1.82) is 0 Å². The van der Waals surface area contributed by atoms with Gasteiger partial charge in [0, 0.05) is 10.6 Å². The monoisotopic (exact) mass is 236 g/mol. The number of hydrogen-bond donors (Lipinski definition) is 0. The normalized spacial score (nSPS) is 24.2. The van der Waals surface area contributed by atoms with Crippen LogP contribution in [0.4, 0.5) is 0 Å². The van der Waals surface area contributed by atoms with Crippen LogP contribution in [0.5, 0.6) is 0 Å². The molecule has 16 heavy (non-hydrogen) atoms. The summed E-state index contributed by atoms with van der Waals surface area (Å²) >= 11 is 5.80. The van der Waals surface area contributed by atoms with Gasteiger partial charge in [-0.05, 0) is 43.7 Å². The fourth-order valence-corrected chi connectivity index (χ4v) is 1.72. The molecule has 2 rings (SSSR count). The molecule has 1 aliphatic heterocycles. The van der Waals surface area contributed by atoms with E-state index in [0.717, 1.165) is 12.0 Å². The van der Waals surface area contributed by atoms with Gasteiger partial charge in [0.2, 0.25) is 0 Å². The first-order valence-electron chi connectivity index (χ1n) is 5.26. The Morgan fingerprint density at radius 2 is 1.94 bits per heavy atom. The summed E-state index contributed by atoms with van der Waals surface area (Å²) < 4.78 is 5.27. The third-order valence-electron chi connectivity index (χ3n) is 2.98. The third kappa shape index (κ3) is 1.85. The second kappa shape index (κ2) is 3.95. The summed E-state index contributed by atoms with van der Waals surface area (Å²) in [6.45, 7) is 3.86. The summed E-state index contributed by atoms with van der Waals surface area (Å²) in [5, 5.41) is 0.673. The number of hydrogen-bond acceptors (Lipinski definition) is 2. The number of carbonyl (C=O) groups is 1. The SMILES string of the molecule is CCC1(C)C=C(c2ccc(Cl)cc2)OC1=O. The number of halogens is 1. The first-order chi connectivity index (χ1) is 7.55. The van der Waals surface area contributed by atoms with Gasteiger partial charge in [-0.25, -0.2) is 0 Å². The maximum Gasteiger partial charge on any atom is 0.321 e. The molecule has 1 aromatic rings. The minimum atomic E-state index is -0.491. The highest BCUT2D eigenvalue weighted by atomic mass is 35.5. The molecule has 3 heteroatoms. The topological polar surface area (TPSA) is 26.3 Å². The maximum absolute atomic E-state index is 11.7. The molecular formula is C13H13ClO2. The molecule has 0 aromatic heterocycles. The fraction of sp³-hybridized carbons (Fsp3) is 0.308. The maximum atomic E-state index is 11.7. The van der Waals surface area contributed by atoms with Gasteiger partial charge in [-0.2, -0.15) is 0 Å². The van der Waals surface area contributed by atoms with E-state index in [1.54, 1.807) is 12.1 Å². The summed E-state index contributed by atoms with van der Waals surface area (Å²) in [4.78, 5) is 11.7. The smallest absolute Gasteiger partial charge is 0.321 e. The molecule has 1 aromatic carbocycles. The van der Waals surface area contributed by atoms with Gasteiger partial charge in [0.15, 0.2) is 0 Å². The molecule has 1 heterocycles. The van der Waals surface area contributed by atoms with Gasteiger partial charge < -0.3 is 4.74 Å². The van der Waals surface area contributed by atoms with Crippen molar-refractivity contribution < 1.29 is 9.53 Å². The quantitative estimate of drug-likeness (QED) is 0.733. The molecular weight excluding hydrogens is 224 g/mol. The average Bonchev–Trinajstić information content (AvgIpc) is 2.57. The van der Waals surface area contributed by atoms with Gasteiger partial charge in [-0.15, -0.1) is 0 Å². The van der Waals surface area contributed by atoms with Crippen LogP contribution < -0.4 is 0 Å². The number of ether oxygens (including phenoxy) is 1. The molecule has 0 amide bonds. The zero-order chi connectivity index (χ0) is 11.8. The molecule has 0 spiro atoms. The molecule has 0 radical (unpaired) electrons. The van der Waals surface area contributed by atoms with Crippen LogP contribution in [0.25, 0.3) is 5.76 Å². The lowest BCUT2D eigenvalue weighted by molar-refractivity contribution is -0.142. The molecule has 0 aliphatic carbocycles. The van der Waals surface area contributed by atoms with Crippen LogP contribution in [-0.2, 0) is 9.53 Å². The molecule has 0 N–H and O–H groups in total. The lowest BCUT2D eigenvalue weighted by atomic mass is 9.88. The van der Waals surface area contributed by atoms with Crippen molar-refractivity contribution in [3.05, 3.63) is 40.9 Å². The summed E-state index contributed by atoms with van der Waals surface area (Å²) in [5.41, 5.74) is 0.393. The molecule has 0 saturated carbocycles. The summed E-state index contributed by atoms with van der Waals surface area (Å²) in [6, 6.07) is 7.27. The highest BCUT2D eigenvalue weighted by Crippen LogP contribution is 2.37. The van der Waals surface area contributed by atoms with Crippen LogP contribution in [0.3, 0.4) is 0 Å². The molecule has 84 valence electrons. The summed E-state index contributed by atoms with van der Waals surface area (Å²) in [7, 11) is 0. The van der Waals surface area contributed by atoms with E-state index in [9.17, 15) is 4.79 Å². The van der Waals surface area contributed by atoms with Crippen LogP contribution >= 0.6 is 11.6 Å². The Labute approximate surface area is 99.9 Å². The van der Waals surface area contributed by atoms with E-state index in [1.165, 1.54) is 0 Å². The molecule has 1 atom stereocenters. The van der Waals surface area contributed by atoms with E-state index in [4.69, 9.17) is 16.3 Å². The largest absolute Gasteiger partial charge is 0.426 e. The van der Waals surface area contributed by atoms with Crippen LogP contribution in [0.2, 0.25) is 5.02 Å². The summed E-state index contributed by atoms with van der Waals surface area (Å²) in [5.74, 6) is 0.450. The van der Waals surface area contributed by atoms with Crippen LogP contribution in [0, 0.1) is 5.41 Å². The Morgan fingerprint density at radius 3 is 2.44 bits per heavy atom. The lowest BCUT2D eigenvalue weighted by Gasteiger charge is -2.12. The van der Waals surface area contributed by atoms with Gasteiger partial charge >= 0.3 is 5.97 Å². The zero-order valence-electron chi connectivity index (χ0n) is 9.29. The van der Waals surface area contributed by atoms with Gasteiger partial charge in [-0.3, -0.25) is 4.79 Å². The van der Waals surface area contributed by atoms with Crippen LogP contribution in [0.1, 0.15) is 25.8 Å². The van der Waals surface area contributed by atoms with E-state index in [-0.39, 0.29) is 5.97 Å². The first-order valence-corrected chi connectivity index (χ1v) is 5.64. The molecule has 1 aliphatic rings. The van der Waals surface area contributed by atoms with Crippen molar-refractivity contribution in [2.45, 2.75) is 20.3 Å². The Morgan fingerprint density at radius 1 is 1.31 bits per heavy atom. The number of cyclic esters (lactones) is 1. The van der Waals surface area contributed by atoms with Crippen molar-refractivity contribution in [3.63, 3.8) is 0 Å². The number of esters is 1. The van der Waals surface area contributed by atoms with Crippen molar-refractivity contribution in [2.75, 3.05) is 0 Å². The van der Waals surface area contributed by atoms with Crippen LogP contribution in [0.15, 0.2) is 30.3 Å². The molecule has 0 fully saturated rings. The van der Waals surface area contributed by atoms with Crippen molar-refractivity contribution in [2.24, 2.45) is 5.41 Å². The zero-order valence-corrected chi connectivity index (χ0v) is 10.0. The molecule has 0 bridgehead atoms. The third-order valence-corrected chi connectivity index (χ3v) is 3.23. The van der Waals surface area contributed by atoms with Gasteiger partial charge in [0.1, 0.15) is 5.76 Å². The Bertz CT molecular complexity index is 448. The molecule has 0 saturated heterocycles. The Balaban J connectivity index is 2.34. The highest BCUT2D eigenvalue weighted by Gasteiger charge is 2.38. The minimum absolute atomic E-state index is 0.181. The predicted molar refractivity (Wildman–Crippen MR) is 63.9 cm³/mol. The average molecular weight is 237 g/mol. The van der Waals surface area contributed by atoms with Crippen molar-refractivity contribution in [1.82, 2.24) is 0 Å². The molecule has 1 unspecified atom stereocenters. The predicted octanol–water partition coefficient (Wildman–Crippen LogP) is 3.65. The van der Waals surface area contributed by atoms with Crippen molar-refractivity contribution in [3.8, 4) is 0 Å². The minimum Gasteiger partial charge on any atom is -0.426 e. The van der Waals surface area contributed by atoms with Crippen molar-refractivity contribution >= 4 is 23.3 Å². The first kappa shape index (κ1) is 11.2. The standard InChI is InChI=1S/C13H13ClO2/c1-3-13(2)8-11(16-12(13)15)9-4-6-10(14)7-5-9/h4-8H,3H2,1-2H3. The number of carbonyl (C=O) groups excluding carboxylic acids is 1. The Hall–Kier alpha value is -1.28. The fourth-order valence-electron chi connectivity index (χ4n) is 1.60. The van der Waals surface area contributed by atoms with E-state index in [2.05, 4.69) is 0 Å². The summed E-state index contributed by atoms with van der Waals surface area (Å²) in [6.07, 6.45) is 2.63. The number of rotatable bonds is 2. The van der Waals surface area contributed by atoms with Gasteiger partial charge in [-0.1, -0.05) is 18.5 Å². The highest BCUT2D eigenvalue weighted by molar-refractivity contribution is 6.30. The van der Waals surface area contributed by atoms with Gasteiger partial charge in [0.25, 0.3) is 0 Å². The Kier molecular flexibility index (Phi) is 2.76. The second-order valence-corrected chi connectivity index (χ2v) is 4.61. The van der Waals surface area contributed by atoms with Gasteiger partial charge in [0.05, 0.1) is 5.41 Å². The lowest BCUT2D eigenvalue weighted by Crippen LogP contribution is -2.20.